The molecule has 0 rings (SSSR count). The normalized spacial score (nSPS) is 14.4. The Hall–Kier alpha value is -1.02. The molecule has 0 saturated heterocycles. The first-order chi connectivity index (χ1) is 27.5. The zero-order chi connectivity index (χ0) is 42.1. The molecule has 1 amide bonds. The molecule has 0 heterocycles. The van der Waals surface area contributed by atoms with E-state index in [0.717, 1.165) is 38.5 Å². The Morgan fingerprint density at radius 3 is 1.42 bits per heavy atom. The van der Waals surface area contributed by atoms with E-state index in [0.29, 0.717) is 17.4 Å². The number of amides is 1. The quantitative estimate of drug-likeness (QED) is 0.0274. The van der Waals surface area contributed by atoms with Crippen molar-refractivity contribution in [3.8, 4) is 0 Å². The summed E-state index contributed by atoms with van der Waals surface area (Å²) in [6.07, 6.45) is 48.2. The number of aliphatic hydroxyl groups is 1. The third-order valence-electron chi connectivity index (χ3n) is 10.9. The average molecular weight is 827 g/mol. The molecule has 0 spiro atoms. The van der Waals surface area contributed by atoms with Gasteiger partial charge in [0.15, 0.2) is 0 Å². The van der Waals surface area contributed by atoms with Gasteiger partial charge < -0.3 is 28.8 Å². The molecule has 0 saturated carbocycles. The van der Waals surface area contributed by atoms with E-state index in [9.17, 15) is 19.4 Å². The highest BCUT2D eigenvalue weighted by Crippen LogP contribution is 2.38. The number of phosphoric ester groups is 1. The van der Waals surface area contributed by atoms with Gasteiger partial charge in [0, 0.05) is 6.42 Å². The van der Waals surface area contributed by atoms with Crippen LogP contribution in [0.5, 0.6) is 0 Å². The first-order valence-electron chi connectivity index (χ1n) is 24.2. The molecule has 57 heavy (non-hydrogen) atoms. The van der Waals surface area contributed by atoms with Crippen LogP contribution in [-0.4, -0.2) is 68.5 Å². The van der Waals surface area contributed by atoms with E-state index in [1.807, 2.05) is 27.2 Å². The monoisotopic (exact) mass is 827 g/mol. The topological polar surface area (TPSA) is 108 Å². The minimum atomic E-state index is -4.59. The molecule has 0 bridgehead atoms. The predicted octanol–water partition coefficient (Wildman–Crippen LogP) is 13.1. The lowest BCUT2D eigenvalue weighted by molar-refractivity contribution is -0.870. The van der Waals surface area contributed by atoms with Crippen molar-refractivity contribution in [2.24, 2.45) is 0 Å². The third-order valence-corrected chi connectivity index (χ3v) is 11.9. The standard InChI is InChI=1S/C48H95N2O6P/c1-6-8-10-12-14-16-18-19-20-21-22-23-24-25-26-27-28-29-30-32-34-36-38-40-42-48(52)49-46(45-56-57(53,54)55-44-43-50(3,4)5)47(51)41-39-37-35-33-31-17-15-13-11-9-7-2/h31,33,39,41,46-47,51H,6-30,32,34-38,40,42-45H2,1-5H3,(H-,49,52,53,54)/b33-31+,41-39+. The fourth-order valence-electron chi connectivity index (χ4n) is 7.05. The number of nitrogens with one attached hydrogen (secondary N) is 1. The Labute approximate surface area is 354 Å². The molecule has 9 heteroatoms. The van der Waals surface area contributed by atoms with Gasteiger partial charge in [-0.3, -0.25) is 9.36 Å². The molecule has 0 aliphatic carbocycles. The number of hydrogen-bond donors (Lipinski definition) is 2. The Balaban J connectivity index is 4.18. The second kappa shape index (κ2) is 40.4. The van der Waals surface area contributed by atoms with Crippen LogP contribution in [0.15, 0.2) is 24.3 Å². The van der Waals surface area contributed by atoms with Gasteiger partial charge in [0.2, 0.25) is 5.91 Å². The number of carbonyl (C=O) groups excluding carboxylic acids is 1. The SMILES string of the molecule is CCCCCCC/C=C/CC/C=C/C(O)C(COP(=O)([O-])OCC[N+](C)(C)C)NC(=O)CCCCCCCCCCCCCCCCCCCCCCCCCC. The van der Waals surface area contributed by atoms with Crippen LogP contribution >= 0.6 is 7.82 Å². The molecular formula is C48H95N2O6P. The van der Waals surface area contributed by atoms with Gasteiger partial charge in [-0.2, -0.15) is 0 Å². The molecule has 0 radical (unpaired) electrons. The zero-order valence-corrected chi connectivity index (χ0v) is 39.2. The van der Waals surface area contributed by atoms with Gasteiger partial charge in [0.25, 0.3) is 7.82 Å². The van der Waals surface area contributed by atoms with Gasteiger partial charge >= 0.3 is 0 Å². The minimum absolute atomic E-state index is 0.00438. The van der Waals surface area contributed by atoms with Crippen molar-refractivity contribution < 1.29 is 32.9 Å². The van der Waals surface area contributed by atoms with Gasteiger partial charge in [0.1, 0.15) is 13.2 Å². The summed E-state index contributed by atoms with van der Waals surface area (Å²) in [5.74, 6) is -0.205. The van der Waals surface area contributed by atoms with Gasteiger partial charge in [-0.1, -0.05) is 212 Å². The molecule has 0 aromatic rings. The number of unbranched alkanes of at least 4 members (excludes halogenated alkanes) is 29. The number of allylic oxidation sites excluding steroid dienone is 3. The maximum Gasteiger partial charge on any atom is 0.268 e. The molecule has 0 aliphatic rings. The fourth-order valence-corrected chi connectivity index (χ4v) is 7.77. The number of likely N-dealkylation sites (N-methyl/N-ethyl adjacent to an activating group) is 1. The Morgan fingerprint density at radius 2 is 0.982 bits per heavy atom. The number of hydrogen-bond acceptors (Lipinski definition) is 6. The van der Waals surface area contributed by atoms with Crippen molar-refractivity contribution >= 4 is 13.7 Å². The molecule has 8 nitrogen and oxygen atoms in total. The summed E-state index contributed by atoms with van der Waals surface area (Å²) in [4.78, 5) is 25.3. The van der Waals surface area contributed by atoms with Crippen molar-refractivity contribution in [2.75, 3.05) is 40.9 Å². The molecule has 3 atom stereocenters. The van der Waals surface area contributed by atoms with Crippen LogP contribution in [-0.2, 0) is 18.4 Å². The summed E-state index contributed by atoms with van der Waals surface area (Å²) in [5, 5.41) is 13.7. The number of phosphoric acid groups is 1. The summed E-state index contributed by atoms with van der Waals surface area (Å²) in [6, 6.07) is -0.897. The lowest BCUT2D eigenvalue weighted by Crippen LogP contribution is -2.45. The maximum absolute atomic E-state index is 12.9. The first-order valence-corrected chi connectivity index (χ1v) is 25.7. The number of carbonyl (C=O) groups is 1. The summed E-state index contributed by atoms with van der Waals surface area (Å²) in [6.45, 7) is 4.61. The van der Waals surface area contributed by atoms with Crippen LogP contribution in [0.2, 0.25) is 0 Å². The van der Waals surface area contributed by atoms with Gasteiger partial charge in [0.05, 0.1) is 39.9 Å². The molecule has 338 valence electrons. The molecule has 0 aromatic heterocycles. The van der Waals surface area contributed by atoms with E-state index in [1.54, 1.807) is 6.08 Å². The van der Waals surface area contributed by atoms with E-state index < -0.39 is 20.0 Å². The van der Waals surface area contributed by atoms with E-state index in [2.05, 4.69) is 31.3 Å². The lowest BCUT2D eigenvalue weighted by atomic mass is 10.0. The minimum Gasteiger partial charge on any atom is -0.756 e. The van der Waals surface area contributed by atoms with E-state index >= 15 is 0 Å². The predicted molar refractivity (Wildman–Crippen MR) is 242 cm³/mol. The highest BCUT2D eigenvalue weighted by atomic mass is 31.2. The zero-order valence-electron chi connectivity index (χ0n) is 38.3. The van der Waals surface area contributed by atoms with Crippen LogP contribution < -0.4 is 10.2 Å². The van der Waals surface area contributed by atoms with Crippen LogP contribution in [0.25, 0.3) is 0 Å². The number of aliphatic hydroxyl groups excluding tert-OH is 1. The van der Waals surface area contributed by atoms with Gasteiger partial charge in [-0.25, -0.2) is 0 Å². The highest BCUT2D eigenvalue weighted by molar-refractivity contribution is 7.45. The summed E-state index contributed by atoms with van der Waals surface area (Å²) in [7, 11) is 1.25. The molecule has 0 fully saturated rings. The average Bonchev–Trinajstić information content (AvgIpc) is 3.16. The van der Waals surface area contributed by atoms with Gasteiger partial charge in [-0.15, -0.1) is 0 Å². The molecule has 0 aromatic carbocycles. The molecule has 2 N–H and O–H groups in total. The van der Waals surface area contributed by atoms with Crippen molar-refractivity contribution in [1.82, 2.24) is 5.32 Å². The molecular weight excluding hydrogens is 732 g/mol. The molecule has 3 unspecified atom stereocenters. The number of nitrogens with zero attached hydrogens (tertiary/aromatic N) is 1. The Kier molecular flexibility index (Phi) is 39.7. The Morgan fingerprint density at radius 1 is 0.596 bits per heavy atom. The molecule has 0 aliphatic heterocycles. The fraction of sp³-hybridized carbons (Fsp3) is 0.896. The maximum atomic E-state index is 12.9. The van der Waals surface area contributed by atoms with Crippen molar-refractivity contribution in [3.05, 3.63) is 24.3 Å². The highest BCUT2D eigenvalue weighted by Gasteiger charge is 2.23. The Bertz CT molecular complexity index is 984. The van der Waals surface area contributed by atoms with Crippen LogP contribution in [0, 0.1) is 0 Å². The van der Waals surface area contributed by atoms with Crippen molar-refractivity contribution in [1.29, 1.82) is 0 Å². The van der Waals surface area contributed by atoms with Gasteiger partial charge in [-0.05, 0) is 32.1 Å². The van der Waals surface area contributed by atoms with Crippen LogP contribution in [0.3, 0.4) is 0 Å². The smallest absolute Gasteiger partial charge is 0.268 e. The number of quaternary nitrogens is 1. The second-order valence-corrected chi connectivity index (χ2v) is 19.2. The first kappa shape index (κ1) is 56.0. The summed E-state index contributed by atoms with van der Waals surface area (Å²) in [5.41, 5.74) is 0. The van der Waals surface area contributed by atoms with E-state index in [1.165, 1.54) is 167 Å². The van der Waals surface area contributed by atoms with Crippen LogP contribution in [0.1, 0.15) is 226 Å². The van der Waals surface area contributed by atoms with Crippen LogP contribution in [0.4, 0.5) is 0 Å². The summed E-state index contributed by atoms with van der Waals surface area (Å²) < 4.78 is 23.2. The number of rotatable bonds is 44. The van der Waals surface area contributed by atoms with Crippen molar-refractivity contribution in [3.63, 3.8) is 0 Å². The van der Waals surface area contributed by atoms with Crippen molar-refractivity contribution in [2.45, 2.75) is 238 Å². The third kappa shape index (κ3) is 42.9. The second-order valence-electron chi connectivity index (χ2n) is 17.8. The van der Waals surface area contributed by atoms with E-state index in [-0.39, 0.29) is 19.1 Å². The summed E-state index contributed by atoms with van der Waals surface area (Å²) >= 11 is 0. The largest absolute Gasteiger partial charge is 0.756 e. The lowest BCUT2D eigenvalue weighted by Gasteiger charge is -2.29. The van der Waals surface area contributed by atoms with E-state index in [4.69, 9.17) is 9.05 Å².